The molecule has 210 valence electrons. The van der Waals surface area contributed by atoms with Crippen molar-refractivity contribution in [1.82, 2.24) is 20.5 Å². The van der Waals surface area contributed by atoms with Crippen LogP contribution in [0.15, 0.2) is 60.8 Å². The molecule has 2 aliphatic heterocycles. The second-order valence-corrected chi connectivity index (χ2v) is 11.0. The molecule has 1 aromatic heterocycles. The molecular weight excluding hydrogens is 538 g/mol. The molecule has 3 heterocycles. The molecular formula is C30H31ClF2N4O3. The Kier molecular flexibility index (Phi) is 8.16. The molecule has 4 atom stereocenters. The van der Waals surface area contributed by atoms with E-state index in [1.165, 1.54) is 41.3 Å². The van der Waals surface area contributed by atoms with Crippen LogP contribution in [0.3, 0.4) is 0 Å². The Labute approximate surface area is 236 Å². The summed E-state index contributed by atoms with van der Waals surface area (Å²) in [6.07, 6.45) is 2.25. The number of hydrogen-bond acceptors (Lipinski definition) is 6. The van der Waals surface area contributed by atoms with Crippen LogP contribution in [0.25, 0.3) is 0 Å². The van der Waals surface area contributed by atoms with Crippen LogP contribution in [0.4, 0.5) is 13.6 Å². The molecule has 5 rings (SSSR count). The first-order chi connectivity index (χ1) is 19.2. The van der Waals surface area contributed by atoms with Crippen LogP contribution in [0, 0.1) is 17.6 Å². The van der Waals surface area contributed by atoms with Crippen molar-refractivity contribution < 1.29 is 23.1 Å². The summed E-state index contributed by atoms with van der Waals surface area (Å²) in [6, 6.07) is 13.5. The van der Waals surface area contributed by atoms with E-state index in [0.717, 1.165) is 5.69 Å². The summed E-state index contributed by atoms with van der Waals surface area (Å²) in [4.78, 5) is 33.0. The summed E-state index contributed by atoms with van der Waals surface area (Å²) in [6.45, 7) is 3.31. The number of halogens is 3. The number of rotatable bonds is 6. The number of hydrogen-bond donors (Lipinski definition) is 2. The quantitative estimate of drug-likeness (QED) is 0.381. The van der Waals surface area contributed by atoms with Crippen LogP contribution in [-0.4, -0.2) is 54.0 Å². The first-order valence-corrected chi connectivity index (χ1v) is 13.6. The van der Waals surface area contributed by atoms with Gasteiger partial charge in [-0.25, -0.2) is 13.6 Å². The van der Waals surface area contributed by atoms with Gasteiger partial charge in [-0.3, -0.25) is 9.78 Å². The maximum atomic E-state index is 14.9. The number of likely N-dealkylation sites (N-methyl/N-ethyl adjacent to an activating group) is 1. The van der Waals surface area contributed by atoms with E-state index in [-0.39, 0.29) is 28.5 Å². The molecule has 3 aromatic rings. The molecule has 0 aliphatic carbocycles. The minimum Gasteiger partial charge on any atom is -0.410 e. The second kappa shape index (κ2) is 11.6. The Morgan fingerprint density at radius 3 is 2.65 bits per heavy atom. The van der Waals surface area contributed by atoms with Crippen LogP contribution in [0.5, 0.6) is 5.75 Å². The van der Waals surface area contributed by atoms with Crippen molar-refractivity contribution in [1.29, 1.82) is 0 Å². The van der Waals surface area contributed by atoms with E-state index < -0.39 is 29.2 Å². The van der Waals surface area contributed by atoms with E-state index >= 15 is 0 Å². The lowest BCUT2D eigenvalue weighted by molar-refractivity contribution is 0.0873. The van der Waals surface area contributed by atoms with Gasteiger partial charge in [0.1, 0.15) is 17.4 Å². The van der Waals surface area contributed by atoms with Gasteiger partial charge in [-0.15, -0.1) is 0 Å². The normalized spacial score (nSPS) is 24.5. The van der Waals surface area contributed by atoms with Gasteiger partial charge in [0.25, 0.3) is 0 Å². The third-order valence-corrected chi connectivity index (χ3v) is 8.48. The fraction of sp³-hybridized carbons (Fsp3) is 0.367. The number of benzene rings is 2. The molecule has 0 saturated carbocycles. The number of aromatic nitrogens is 1. The third kappa shape index (κ3) is 5.59. The zero-order valence-electron chi connectivity index (χ0n) is 22.3. The number of nitrogens with one attached hydrogen (secondary N) is 2. The topological polar surface area (TPSA) is 83.6 Å². The molecule has 1 amide bonds. The fourth-order valence-electron chi connectivity index (χ4n) is 5.74. The molecule has 2 aromatic carbocycles. The van der Waals surface area contributed by atoms with E-state index in [1.807, 2.05) is 25.1 Å². The number of amides is 1. The largest absolute Gasteiger partial charge is 0.415 e. The van der Waals surface area contributed by atoms with Gasteiger partial charge in [-0.05, 0) is 80.4 Å². The summed E-state index contributed by atoms with van der Waals surface area (Å²) >= 11 is 6.21. The van der Waals surface area contributed by atoms with Gasteiger partial charge in [0.15, 0.2) is 5.78 Å². The maximum Gasteiger partial charge on any atom is 0.415 e. The maximum absolute atomic E-state index is 14.9. The summed E-state index contributed by atoms with van der Waals surface area (Å²) in [5, 5.41) is 6.60. The molecule has 2 fully saturated rings. The van der Waals surface area contributed by atoms with Crippen LogP contribution >= 0.6 is 11.6 Å². The lowest BCUT2D eigenvalue weighted by atomic mass is 9.77. The predicted octanol–water partition coefficient (Wildman–Crippen LogP) is 5.51. The van der Waals surface area contributed by atoms with E-state index in [9.17, 15) is 18.4 Å². The SMILES string of the molecule is CN(C(=O)Oc1ccc(F)cc1)[C@@]1(C)CNC[C@@H]1c1cc(F)c(Cl)cc1C(=O)C1CCNC(c2ccccn2)C1. The zero-order chi connectivity index (χ0) is 28.4. The highest BCUT2D eigenvalue weighted by Crippen LogP contribution is 2.41. The standard InChI is InChI=1S/C30H31ClF2N4O3/c1-30(37(2)29(39)40-20-8-6-19(32)7-9-20)17-34-16-23(30)21-15-25(33)24(31)14-22(21)28(38)18-10-12-36-27(13-18)26-5-3-4-11-35-26/h3-9,11,14-15,18,23,27,34,36H,10,12-13,16-17H2,1-2H3/t18?,23-,27?,30+/m1/s1. The molecule has 0 radical (unpaired) electrons. The average molecular weight is 569 g/mol. The van der Waals surface area contributed by atoms with Crippen molar-refractivity contribution in [2.75, 3.05) is 26.7 Å². The van der Waals surface area contributed by atoms with Crippen LogP contribution in [-0.2, 0) is 0 Å². The number of ether oxygens (including phenoxy) is 1. The number of ketones is 1. The molecule has 10 heteroatoms. The molecule has 7 nitrogen and oxygen atoms in total. The van der Waals surface area contributed by atoms with E-state index in [4.69, 9.17) is 16.3 Å². The molecule has 0 spiro atoms. The smallest absolute Gasteiger partial charge is 0.410 e. The van der Waals surface area contributed by atoms with Gasteiger partial charge in [0.05, 0.1) is 22.3 Å². The highest BCUT2D eigenvalue weighted by atomic mass is 35.5. The van der Waals surface area contributed by atoms with Crippen LogP contribution < -0.4 is 15.4 Å². The first kappa shape index (κ1) is 28.1. The molecule has 2 aliphatic rings. The Bertz CT molecular complexity index is 1390. The Morgan fingerprint density at radius 1 is 1.15 bits per heavy atom. The van der Waals surface area contributed by atoms with Crippen molar-refractivity contribution in [2.24, 2.45) is 5.92 Å². The monoisotopic (exact) mass is 568 g/mol. The Balaban J connectivity index is 1.43. The first-order valence-electron chi connectivity index (χ1n) is 13.3. The minimum atomic E-state index is -0.864. The van der Waals surface area contributed by atoms with Gasteiger partial charge < -0.3 is 20.3 Å². The number of carbonyl (C=O) groups excluding carboxylic acids is 2. The zero-order valence-corrected chi connectivity index (χ0v) is 23.1. The molecule has 2 N–H and O–H groups in total. The Morgan fingerprint density at radius 2 is 1.93 bits per heavy atom. The van der Waals surface area contributed by atoms with Gasteiger partial charge in [-0.1, -0.05) is 17.7 Å². The third-order valence-electron chi connectivity index (χ3n) is 8.19. The van der Waals surface area contributed by atoms with Crippen molar-refractivity contribution >= 4 is 23.5 Å². The summed E-state index contributed by atoms with van der Waals surface area (Å²) in [5.74, 6) is -1.72. The van der Waals surface area contributed by atoms with Crippen molar-refractivity contribution in [2.45, 2.75) is 37.3 Å². The van der Waals surface area contributed by atoms with E-state index in [0.29, 0.717) is 43.6 Å². The van der Waals surface area contributed by atoms with Gasteiger partial charge in [0.2, 0.25) is 0 Å². The van der Waals surface area contributed by atoms with Crippen LogP contribution in [0.1, 0.15) is 53.3 Å². The van der Waals surface area contributed by atoms with E-state index in [1.54, 1.807) is 13.2 Å². The van der Waals surface area contributed by atoms with Gasteiger partial charge in [0, 0.05) is 43.7 Å². The lowest BCUT2D eigenvalue weighted by Gasteiger charge is -2.40. The summed E-state index contributed by atoms with van der Waals surface area (Å²) < 4.78 is 33.7. The van der Waals surface area contributed by atoms with Crippen molar-refractivity contribution in [3.63, 3.8) is 0 Å². The van der Waals surface area contributed by atoms with E-state index in [2.05, 4.69) is 15.6 Å². The van der Waals surface area contributed by atoms with Crippen molar-refractivity contribution in [3.8, 4) is 5.75 Å². The molecule has 2 unspecified atom stereocenters. The van der Waals surface area contributed by atoms with Gasteiger partial charge >= 0.3 is 6.09 Å². The Hall–Kier alpha value is -3.40. The average Bonchev–Trinajstić information content (AvgIpc) is 3.37. The number of carbonyl (C=O) groups is 2. The minimum absolute atomic E-state index is 0.0750. The molecule has 2 saturated heterocycles. The molecule has 0 bridgehead atoms. The highest BCUT2D eigenvalue weighted by molar-refractivity contribution is 6.31. The number of piperidine rings is 1. The molecule has 40 heavy (non-hydrogen) atoms. The fourth-order valence-corrected chi connectivity index (χ4v) is 5.90. The summed E-state index contributed by atoms with van der Waals surface area (Å²) in [7, 11) is 1.60. The lowest BCUT2D eigenvalue weighted by Crippen LogP contribution is -2.53. The van der Waals surface area contributed by atoms with Gasteiger partial charge in [-0.2, -0.15) is 0 Å². The highest BCUT2D eigenvalue weighted by Gasteiger charge is 2.47. The van der Waals surface area contributed by atoms with Crippen molar-refractivity contribution in [3.05, 3.63) is 94.3 Å². The number of pyridine rings is 1. The number of nitrogens with zero attached hydrogens (tertiary/aromatic N) is 2. The number of Topliss-reactive ketones (excluding diaryl/α,β-unsaturated/α-hetero) is 1. The second-order valence-electron chi connectivity index (χ2n) is 10.6. The van der Waals surface area contributed by atoms with Crippen LogP contribution in [0.2, 0.25) is 5.02 Å². The predicted molar refractivity (Wildman–Crippen MR) is 148 cm³/mol. The summed E-state index contributed by atoms with van der Waals surface area (Å²) in [5.41, 5.74) is 0.857.